The fourth-order valence-corrected chi connectivity index (χ4v) is 9.33. The van der Waals surface area contributed by atoms with Crippen LogP contribution in [0.4, 0.5) is 4.79 Å². The Morgan fingerprint density at radius 3 is 2.20 bits per heavy atom. The fraction of sp³-hybridized carbons (Fsp3) is 0.360. The third-order valence-electron chi connectivity index (χ3n) is 6.39. The molecule has 1 aromatic heterocycles. The minimum Gasteiger partial charge on any atom is -0.530 e. The molecule has 4 rings (SSSR count). The molecule has 0 spiro atoms. The normalized spacial score (nSPS) is 18.9. The highest BCUT2D eigenvalue weighted by Gasteiger charge is 2.51. The monoisotopic (exact) mass is 492 g/mol. The Hall–Kier alpha value is -3.50. The maximum absolute atomic E-state index is 11.7. The Labute approximate surface area is 205 Å². The van der Waals surface area contributed by atoms with Gasteiger partial charge < -0.3 is 25.0 Å². The number of amides is 2. The Bertz CT molecular complexity index is 1140. The minimum absolute atomic E-state index is 0.181. The van der Waals surface area contributed by atoms with Gasteiger partial charge in [0.2, 0.25) is 5.91 Å². The van der Waals surface area contributed by atoms with Crippen LogP contribution >= 0.6 is 0 Å². The van der Waals surface area contributed by atoms with Gasteiger partial charge in [0.25, 0.3) is 8.32 Å². The van der Waals surface area contributed by atoms with E-state index in [4.69, 9.17) is 4.43 Å². The standard InChI is InChI=1S/C25H31N5O4Si/c1-17(20-15-26-30(29-20)16-21-22(23(31)27-21)28-24(32)33)34-35(25(2,3)4,18-11-7-5-8-12-18)19-13-9-6-10-14-19/h5-15,17,21-22,28H,16H2,1-4H3,(H,27,31)(H,32,33)/p-1/t17?,21-,22+/m1/s1. The highest BCUT2D eigenvalue weighted by Crippen LogP contribution is 2.39. The summed E-state index contributed by atoms with van der Waals surface area (Å²) >= 11 is 0. The number of hydrogen-bond donors (Lipinski definition) is 2. The van der Waals surface area contributed by atoms with Crippen molar-refractivity contribution in [1.82, 2.24) is 25.6 Å². The van der Waals surface area contributed by atoms with Crippen molar-refractivity contribution in [3.8, 4) is 0 Å². The Balaban J connectivity index is 1.61. The third-order valence-corrected chi connectivity index (χ3v) is 11.5. The van der Waals surface area contributed by atoms with Gasteiger partial charge >= 0.3 is 0 Å². The van der Waals surface area contributed by atoms with Gasteiger partial charge in [0, 0.05) is 0 Å². The zero-order chi connectivity index (χ0) is 25.2. The molecule has 9 nitrogen and oxygen atoms in total. The summed E-state index contributed by atoms with van der Waals surface area (Å²) in [5.74, 6) is -0.394. The van der Waals surface area contributed by atoms with Crippen molar-refractivity contribution in [3.05, 3.63) is 72.6 Å². The molecule has 0 bridgehead atoms. The second-order valence-electron chi connectivity index (χ2n) is 9.77. The first kappa shape index (κ1) is 24.6. The zero-order valence-corrected chi connectivity index (χ0v) is 21.3. The molecule has 0 aliphatic carbocycles. The number of carboxylic acid groups (broad SMARTS) is 1. The van der Waals surface area contributed by atoms with E-state index in [-0.39, 0.29) is 17.7 Å². The first-order valence-electron chi connectivity index (χ1n) is 11.6. The van der Waals surface area contributed by atoms with E-state index in [2.05, 4.69) is 65.9 Å². The molecule has 2 aromatic carbocycles. The lowest BCUT2D eigenvalue weighted by Gasteiger charge is -2.44. The number of nitrogens with zero attached hydrogens (tertiary/aromatic N) is 3. The molecule has 1 aliphatic heterocycles. The van der Waals surface area contributed by atoms with Crippen LogP contribution in [-0.4, -0.2) is 47.4 Å². The fourth-order valence-electron chi connectivity index (χ4n) is 4.66. The smallest absolute Gasteiger partial charge is 0.261 e. The van der Waals surface area contributed by atoms with Crippen LogP contribution in [0.5, 0.6) is 0 Å². The predicted octanol–water partition coefficient (Wildman–Crippen LogP) is 0.716. The average Bonchev–Trinajstić information content (AvgIpc) is 3.30. The second-order valence-corrected chi connectivity index (χ2v) is 14.0. The van der Waals surface area contributed by atoms with Gasteiger partial charge in [-0.3, -0.25) is 4.79 Å². The Morgan fingerprint density at radius 2 is 1.71 bits per heavy atom. The number of rotatable bonds is 8. The molecular weight excluding hydrogens is 462 g/mol. The molecule has 1 aliphatic rings. The Morgan fingerprint density at radius 1 is 1.14 bits per heavy atom. The molecule has 3 aromatic rings. The molecule has 184 valence electrons. The summed E-state index contributed by atoms with van der Waals surface area (Å²) in [5, 5.41) is 26.7. The molecule has 2 N–H and O–H groups in total. The van der Waals surface area contributed by atoms with E-state index >= 15 is 0 Å². The first-order chi connectivity index (χ1) is 16.6. The van der Waals surface area contributed by atoms with Crippen LogP contribution in [-0.2, 0) is 15.8 Å². The van der Waals surface area contributed by atoms with Crippen LogP contribution in [0.25, 0.3) is 0 Å². The van der Waals surface area contributed by atoms with E-state index in [0.29, 0.717) is 5.69 Å². The molecule has 0 radical (unpaired) electrons. The molecule has 2 heterocycles. The van der Waals surface area contributed by atoms with Gasteiger partial charge in [0.05, 0.1) is 24.9 Å². The molecule has 3 atom stereocenters. The van der Waals surface area contributed by atoms with E-state index in [9.17, 15) is 14.7 Å². The summed E-state index contributed by atoms with van der Waals surface area (Å²) in [6.07, 6.45) is -0.191. The van der Waals surface area contributed by atoms with Gasteiger partial charge in [0.15, 0.2) is 0 Å². The van der Waals surface area contributed by atoms with Crippen molar-refractivity contribution in [2.24, 2.45) is 0 Å². The average molecular weight is 493 g/mol. The van der Waals surface area contributed by atoms with E-state index in [1.807, 2.05) is 43.3 Å². The van der Waals surface area contributed by atoms with Gasteiger partial charge in [-0.15, -0.1) is 0 Å². The summed E-state index contributed by atoms with van der Waals surface area (Å²) in [4.78, 5) is 24.0. The van der Waals surface area contributed by atoms with Gasteiger partial charge in [-0.05, 0) is 22.3 Å². The number of benzene rings is 2. The zero-order valence-electron chi connectivity index (χ0n) is 20.3. The van der Waals surface area contributed by atoms with E-state index < -0.39 is 32.4 Å². The van der Waals surface area contributed by atoms with Crippen LogP contribution in [0.2, 0.25) is 5.04 Å². The number of hydrogen-bond acceptors (Lipinski definition) is 6. The van der Waals surface area contributed by atoms with Gasteiger partial charge in [-0.1, -0.05) is 81.4 Å². The van der Waals surface area contributed by atoms with Crippen LogP contribution in [0.1, 0.15) is 39.5 Å². The second kappa shape index (κ2) is 9.63. The molecule has 35 heavy (non-hydrogen) atoms. The summed E-state index contributed by atoms with van der Waals surface area (Å²) in [6.45, 7) is 8.84. The summed E-state index contributed by atoms with van der Waals surface area (Å²) in [6, 6.07) is 19.4. The number of carbonyl (C=O) groups excluding carboxylic acids is 2. The molecule has 10 heteroatoms. The molecule has 1 unspecified atom stereocenters. The number of carbonyl (C=O) groups is 2. The van der Waals surface area contributed by atoms with Gasteiger partial charge in [0.1, 0.15) is 17.8 Å². The van der Waals surface area contributed by atoms with Crippen molar-refractivity contribution < 1.29 is 19.1 Å². The van der Waals surface area contributed by atoms with Crippen molar-refractivity contribution in [1.29, 1.82) is 0 Å². The van der Waals surface area contributed by atoms with E-state index in [1.54, 1.807) is 6.20 Å². The molecule has 2 amide bonds. The molecule has 1 saturated heterocycles. The van der Waals surface area contributed by atoms with Crippen LogP contribution in [0.3, 0.4) is 0 Å². The minimum atomic E-state index is -2.77. The highest BCUT2D eigenvalue weighted by atomic mass is 28.4. The molecule has 1 fully saturated rings. The van der Waals surface area contributed by atoms with Crippen LogP contribution < -0.4 is 26.1 Å². The SMILES string of the molecule is CC(O[Si](c1ccccc1)(c1ccccc1)C(C)(C)C)c1cnn(C[C@H]2NC(=O)[C@H]2NC(=O)[O-])n1. The summed E-state index contributed by atoms with van der Waals surface area (Å²) < 4.78 is 7.07. The highest BCUT2D eigenvalue weighted by molar-refractivity contribution is 6.99. The van der Waals surface area contributed by atoms with E-state index in [0.717, 1.165) is 0 Å². The molecular formula is C25H30N5O4Si-. The van der Waals surface area contributed by atoms with Crippen molar-refractivity contribution >= 4 is 30.7 Å². The third kappa shape index (κ3) is 4.84. The van der Waals surface area contributed by atoms with Gasteiger partial charge in [-0.2, -0.15) is 15.0 Å². The van der Waals surface area contributed by atoms with Gasteiger partial charge in [-0.25, -0.2) is 0 Å². The topological polar surface area (TPSA) is 121 Å². The summed E-state index contributed by atoms with van der Waals surface area (Å²) in [7, 11) is -2.77. The summed E-state index contributed by atoms with van der Waals surface area (Å²) in [5.41, 5.74) is 0.660. The Kier molecular flexibility index (Phi) is 6.77. The van der Waals surface area contributed by atoms with Crippen LogP contribution in [0, 0.1) is 0 Å². The number of nitrogens with one attached hydrogen (secondary N) is 2. The maximum Gasteiger partial charge on any atom is 0.261 e. The van der Waals surface area contributed by atoms with Crippen molar-refractivity contribution in [2.75, 3.05) is 0 Å². The van der Waals surface area contributed by atoms with Crippen LogP contribution in [0.15, 0.2) is 66.9 Å². The predicted molar refractivity (Wildman–Crippen MR) is 131 cm³/mol. The van der Waals surface area contributed by atoms with Crippen molar-refractivity contribution in [2.45, 2.75) is 57.5 Å². The van der Waals surface area contributed by atoms with E-state index in [1.165, 1.54) is 15.2 Å². The lowest BCUT2D eigenvalue weighted by atomic mass is 9.99. The number of β-lactam (4-membered cyclic amide) rings is 1. The molecule has 0 saturated carbocycles. The lowest BCUT2D eigenvalue weighted by molar-refractivity contribution is -0.252. The maximum atomic E-state index is 11.7. The largest absolute Gasteiger partial charge is 0.530 e. The quantitative estimate of drug-likeness (QED) is 0.353. The van der Waals surface area contributed by atoms with Crippen molar-refractivity contribution in [3.63, 3.8) is 0 Å². The first-order valence-corrected chi connectivity index (χ1v) is 13.5. The number of aromatic nitrogens is 3. The lowest BCUT2D eigenvalue weighted by Crippen LogP contribution is -2.71.